The van der Waals surface area contributed by atoms with E-state index in [2.05, 4.69) is 230 Å². The first-order chi connectivity index (χ1) is 29.0. The van der Waals surface area contributed by atoms with Gasteiger partial charge >= 0.3 is 0 Å². The second kappa shape index (κ2) is 12.8. The highest BCUT2D eigenvalue weighted by molar-refractivity contribution is 6.19. The number of anilines is 3. The molecular formula is C57H40N2. The van der Waals surface area contributed by atoms with E-state index >= 15 is 0 Å². The summed E-state index contributed by atoms with van der Waals surface area (Å²) in [6, 6.07) is 76.4. The Kier molecular flexibility index (Phi) is 7.31. The Hall–Kier alpha value is -7.42. The fourth-order valence-corrected chi connectivity index (χ4v) is 10.2. The molecule has 0 saturated heterocycles. The molecular weight excluding hydrogens is 713 g/mol. The molecule has 0 aliphatic heterocycles. The lowest BCUT2D eigenvalue weighted by atomic mass is 9.82. The van der Waals surface area contributed by atoms with Crippen molar-refractivity contribution >= 4 is 71.2 Å². The van der Waals surface area contributed by atoms with E-state index < -0.39 is 0 Å². The number of aromatic nitrogens is 1. The molecule has 1 aliphatic rings. The molecule has 1 aliphatic carbocycles. The highest BCUT2D eigenvalue weighted by Gasteiger charge is 2.36. The maximum atomic E-state index is 2.56. The third-order valence-corrected chi connectivity index (χ3v) is 12.9. The normalized spacial score (nSPS) is 13.1. The fourth-order valence-electron chi connectivity index (χ4n) is 10.2. The third kappa shape index (κ3) is 5.00. The lowest BCUT2D eigenvalue weighted by Gasteiger charge is -2.30. The summed E-state index contributed by atoms with van der Waals surface area (Å²) in [7, 11) is 0. The average Bonchev–Trinajstić information content (AvgIpc) is 3.74. The summed E-state index contributed by atoms with van der Waals surface area (Å²) in [6.07, 6.45) is 0. The van der Waals surface area contributed by atoms with Gasteiger partial charge in [0.05, 0.1) is 22.4 Å². The molecule has 0 N–H and O–H groups in total. The number of nitrogens with zero attached hydrogens (tertiary/aromatic N) is 2. The van der Waals surface area contributed by atoms with Crippen LogP contribution in [0.25, 0.3) is 82.1 Å². The molecule has 11 aromatic rings. The number of benzene rings is 10. The summed E-state index contributed by atoms with van der Waals surface area (Å²) in [5.41, 5.74) is 14.6. The lowest BCUT2D eigenvalue weighted by Crippen LogP contribution is -2.16. The molecule has 10 aromatic carbocycles. The second-order valence-electron chi connectivity index (χ2n) is 16.5. The van der Waals surface area contributed by atoms with Gasteiger partial charge in [-0.1, -0.05) is 159 Å². The Morgan fingerprint density at radius 3 is 1.81 bits per heavy atom. The summed E-state index contributed by atoms with van der Waals surface area (Å²) in [4.78, 5) is 2.56. The van der Waals surface area contributed by atoms with Crippen LogP contribution < -0.4 is 4.90 Å². The van der Waals surface area contributed by atoms with Gasteiger partial charge in [-0.15, -0.1) is 0 Å². The Bertz CT molecular complexity index is 3470. The summed E-state index contributed by atoms with van der Waals surface area (Å²) < 4.78 is 2.42. The minimum absolute atomic E-state index is 0.141. The van der Waals surface area contributed by atoms with Crippen molar-refractivity contribution in [2.24, 2.45) is 0 Å². The molecule has 0 spiro atoms. The van der Waals surface area contributed by atoms with Crippen molar-refractivity contribution in [3.05, 3.63) is 217 Å². The van der Waals surface area contributed by atoms with Gasteiger partial charge in [-0.05, 0) is 121 Å². The Morgan fingerprint density at radius 1 is 0.390 bits per heavy atom. The largest absolute Gasteiger partial charge is 0.309 e. The predicted octanol–water partition coefficient (Wildman–Crippen LogP) is 15.7. The van der Waals surface area contributed by atoms with Crippen LogP contribution in [0, 0.1) is 0 Å². The van der Waals surface area contributed by atoms with Crippen molar-refractivity contribution in [3.63, 3.8) is 0 Å². The zero-order chi connectivity index (χ0) is 39.2. The first-order valence-corrected chi connectivity index (χ1v) is 20.6. The van der Waals surface area contributed by atoms with Crippen LogP contribution in [0.5, 0.6) is 0 Å². The van der Waals surface area contributed by atoms with E-state index in [0.717, 1.165) is 22.7 Å². The van der Waals surface area contributed by atoms with Crippen LogP contribution in [-0.4, -0.2) is 4.57 Å². The number of hydrogen-bond acceptors (Lipinski definition) is 1. The molecule has 2 nitrogen and oxygen atoms in total. The summed E-state index contributed by atoms with van der Waals surface area (Å²) in [5.74, 6) is 0. The predicted molar refractivity (Wildman–Crippen MR) is 251 cm³/mol. The first-order valence-electron chi connectivity index (χ1n) is 20.6. The minimum Gasteiger partial charge on any atom is -0.309 e. The quantitative estimate of drug-likeness (QED) is 0.170. The second-order valence-corrected chi connectivity index (χ2v) is 16.5. The summed E-state index contributed by atoms with van der Waals surface area (Å²) in [6.45, 7) is 4.76. The molecule has 0 radical (unpaired) electrons. The maximum Gasteiger partial charge on any atom is 0.0562 e. The van der Waals surface area contributed by atoms with Gasteiger partial charge < -0.3 is 9.47 Å². The van der Waals surface area contributed by atoms with Gasteiger partial charge in [0.2, 0.25) is 0 Å². The molecule has 0 atom stereocenters. The van der Waals surface area contributed by atoms with E-state index in [0.29, 0.717) is 0 Å². The molecule has 1 aromatic heterocycles. The molecule has 0 unspecified atom stereocenters. The standard InChI is InChI=1S/C57H40N2/c1-57(2)49-32-31-42(36-48(49)47-34-39-18-6-7-19-40(39)35-50(47)57)59(53-29-15-28-52-56(53)46-25-12-13-27-51(46)58(52)41-21-4-3-5-22-41)54-33-30-38-17-9-11-24-44(38)55(54)45-26-14-20-37-16-8-10-23-43(37)45/h3-36H,1-2H3. The monoisotopic (exact) mass is 752 g/mol. The molecule has 278 valence electrons. The van der Waals surface area contributed by atoms with E-state index in [1.807, 2.05) is 0 Å². The molecule has 0 bridgehead atoms. The van der Waals surface area contributed by atoms with Gasteiger partial charge in [-0.3, -0.25) is 0 Å². The van der Waals surface area contributed by atoms with E-state index in [9.17, 15) is 0 Å². The van der Waals surface area contributed by atoms with Crippen molar-refractivity contribution in [2.45, 2.75) is 19.3 Å². The summed E-state index contributed by atoms with van der Waals surface area (Å²) in [5, 5.41) is 9.90. The highest BCUT2D eigenvalue weighted by Crippen LogP contribution is 2.54. The van der Waals surface area contributed by atoms with Gasteiger partial charge in [0.25, 0.3) is 0 Å². The van der Waals surface area contributed by atoms with Gasteiger partial charge in [-0.25, -0.2) is 0 Å². The number of fused-ring (bicyclic) bond motifs is 9. The molecule has 0 amide bonds. The van der Waals surface area contributed by atoms with Gasteiger partial charge in [0, 0.05) is 33.1 Å². The molecule has 1 heterocycles. The topological polar surface area (TPSA) is 8.17 Å². The Labute approximate surface area is 343 Å². The van der Waals surface area contributed by atoms with Crippen molar-refractivity contribution < 1.29 is 0 Å². The highest BCUT2D eigenvalue weighted by atomic mass is 15.2. The number of rotatable bonds is 5. The van der Waals surface area contributed by atoms with Crippen LogP contribution in [0.15, 0.2) is 206 Å². The van der Waals surface area contributed by atoms with Crippen LogP contribution in [0.1, 0.15) is 25.0 Å². The van der Waals surface area contributed by atoms with Crippen LogP contribution in [0.4, 0.5) is 17.1 Å². The van der Waals surface area contributed by atoms with Gasteiger partial charge in [-0.2, -0.15) is 0 Å². The molecule has 12 rings (SSSR count). The van der Waals surface area contributed by atoms with Gasteiger partial charge in [0.15, 0.2) is 0 Å². The smallest absolute Gasteiger partial charge is 0.0562 e. The SMILES string of the molecule is CC1(C)c2ccc(N(c3ccc4ccccc4c3-c3cccc4ccccc34)c3cccc4c3c3ccccc3n4-c3ccccc3)cc2-c2cc3ccccc3cc21. The van der Waals surface area contributed by atoms with Gasteiger partial charge in [0.1, 0.15) is 0 Å². The molecule has 0 fully saturated rings. The van der Waals surface area contributed by atoms with E-state index in [1.165, 1.54) is 87.5 Å². The average molecular weight is 753 g/mol. The van der Waals surface area contributed by atoms with Crippen molar-refractivity contribution in [1.82, 2.24) is 4.57 Å². The fraction of sp³-hybridized carbons (Fsp3) is 0.0526. The van der Waals surface area contributed by atoms with Crippen LogP contribution in [-0.2, 0) is 5.41 Å². The third-order valence-electron chi connectivity index (χ3n) is 12.9. The minimum atomic E-state index is -0.141. The van der Waals surface area contributed by atoms with Crippen molar-refractivity contribution in [1.29, 1.82) is 0 Å². The van der Waals surface area contributed by atoms with E-state index in [4.69, 9.17) is 0 Å². The molecule has 2 heteroatoms. The van der Waals surface area contributed by atoms with Crippen molar-refractivity contribution in [2.75, 3.05) is 4.90 Å². The Balaban J connectivity index is 1.21. The molecule has 0 saturated carbocycles. The van der Waals surface area contributed by atoms with Crippen LogP contribution in [0.2, 0.25) is 0 Å². The molecule has 59 heavy (non-hydrogen) atoms. The first kappa shape index (κ1) is 33.7. The zero-order valence-corrected chi connectivity index (χ0v) is 33.0. The zero-order valence-electron chi connectivity index (χ0n) is 33.0. The van der Waals surface area contributed by atoms with E-state index in [1.54, 1.807) is 0 Å². The number of hydrogen-bond donors (Lipinski definition) is 0. The maximum absolute atomic E-state index is 2.56. The summed E-state index contributed by atoms with van der Waals surface area (Å²) >= 11 is 0. The van der Waals surface area contributed by atoms with Crippen LogP contribution >= 0.6 is 0 Å². The number of para-hydroxylation sites is 2. The van der Waals surface area contributed by atoms with Crippen LogP contribution in [0.3, 0.4) is 0 Å². The van der Waals surface area contributed by atoms with Crippen molar-refractivity contribution in [3.8, 4) is 27.9 Å². The lowest BCUT2D eigenvalue weighted by molar-refractivity contribution is 0.661. The van der Waals surface area contributed by atoms with E-state index in [-0.39, 0.29) is 5.41 Å². The Morgan fingerprint density at radius 2 is 1.00 bits per heavy atom.